The predicted octanol–water partition coefficient (Wildman–Crippen LogP) is 3.75. The highest BCUT2D eigenvalue weighted by Crippen LogP contribution is 2.45. The summed E-state index contributed by atoms with van der Waals surface area (Å²) in [6.45, 7) is 0. The van der Waals surface area contributed by atoms with E-state index < -0.39 is 16.7 Å². The number of ether oxygens (including phenoxy) is 1. The minimum Gasteiger partial charge on any atom is -0.450 e. The number of aromatic nitrogens is 1. The van der Waals surface area contributed by atoms with Gasteiger partial charge in [0, 0.05) is 24.5 Å². The van der Waals surface area contributed by atoms with Crippen LogP contribution in [0.2, 0.25) is 0 Å². The Bertz CT molecular complexity index is 627. The van der Waals surface area contributed by atoms with Gasteiger partial charge in [-0.1, -0.05) is 6.07 Å². The summed E-state index contributed by atoms with van der Waals surface area (Å²) in [6, 6.07) is 11.6. The van der Waals surface area contributed by atoms with Crippen LogP contribution in [0.25, 0.3) is 0 Å². The monoisotopic (exact) mass is 316 g/mol. The van der Waals surface area contributed by atoms with Crippen molar-refractivity contribution in [2.45, 2.75) is 24.9 Å². The molecular formula is C16H16N2O5. The Labute approximate surface area is 132 Å². The first-order valence-electron chi connectivity index (χ1n) is 7.05. The second-order valence-electron chi connectivity index (χ2n) is 5.04. The van der Waals surface area contributed by atoms with Crippen molar-refractivity contribution in [2.75, 3.05) is 0 Å². The van der Waals surface area contributed by atoms with Crippen LogP contribution in [0.3, 0.4) is 0 Å². The molecular weight excluding hydrogens is 300 g/mol. The van der Waals surface area contributed by atoms with Gasteiger partial charge in [-0.3, -0.25) is 15.1 Å². The fourth-order valence-electron chi connectivity index (χ4n) is 2.31. The number of nitro groups is 1. The van der Waals surface area contributed by atoms with Crippen LogP contribution in [0.1, 0.15) is 24.8 Å². The number of non-ortho nitro benzene ring substituents is 1. The third-order valence-corrected chi connectivity index (χ3v) is 3.61. The number of rotatable bonds is 3. The first kappa shape index (κ1) is 16.4. The number of benzene rings is 1. The lowest BCUT2D eigenvalue weighted by atomic mass is 9.75. The Kier molecular flexibility index (Phi) is 5.24. The maximum absolute atomic E-state index is 10.6. The summed E-state index contributed by atoms with van der Waals surface area (Å²) in [6.07, 6.45) is 4.32. The molecule has 1 aromatic heterocycles. The van der Waals surface area contributed by atoms with E-state index in [1.165, 1.54) is 12.1 Å². The van der Waals surface area contributed by atoms with Crippen LogP contribution < -0.4 is 0 Å². The quantitative estimate of drug-likeness (QED) is 0.525. The lowest BCUT2D eigenvalue weighted by Gasteiger charge is -2.40. The molecule has 0 bridgehead atoms. The number of hydrogen-bond donors (Lipinski definition) is 1. The standard InChI is InChI=1S/C11H11NO5.C5H5N/c13-10(14)17-11(6-1-7-11)8-2-4-9(5-3-8)12(15)16;1-2-4-6-5-3-1/h2-5H,1,6-7H2,(H,13,14);1-5H. The molecule has 1 fully saturated rings. The molecule has 120 valence electrons. The molecule has 1 saturated carbocycles. The van der Waals surface area contributed by atoms with Crippen LogP contribution in [-0.2, 0) is 10.3 Å². The zero-order valence-electron chi connectivity index (χ0n) is 12.3. The van der Waals surface area contributed by atoms with Crippen LogP contribution in [0, 0.1) is 10.1 Å². The van der Waals surface area contributed by atoms with Crippen molar-refractivity contribution in [3.8, 4) is 0 Å². The van der Waals surface area contributed by atoms with Crippen molar-refractivity contribution in [2.24, 2.45) is 0 Å². The predicted molar refractivity (Wildman–Crippen MR) is 82.0 cm³/mol. The summed E-state index contributed by atoms with van der Waals surface area (Å²) in [5, 5.41) is 19.2. The van der Waals surface area contributed by atoms with E-state index in [-0.39, 0.29) is 5.69 Å². The minimum absolute atomic E-state index is 0.0152. The van der Waals surface area contributed by atoms with Crippen molar-refractivity contribution in [1.29, 1.82) is 0 Å². The average Bonchev–Trinajstić information content (AvgIpc) is 2.53. The third-order valence-electron chi connectivity index (χ3n) is 3.61. The number of nitro benzene ring substituents is 1. The third kappa shape index (κ3) is 4.26. The van der Waals surface area contributed by atoms with Gasteiger partial charge in [-0.15, -0.1) is 0 Å². The lowest BCUT2D eigenvalue weighted by Crippen LogP contribution is -2.38. The highest BCUT2D eigenvalue weighted by molar-refractivity contribution is 5.58. The number of nitrogens with zero attached hydrogens (tertiary/aromatic N) is 2. The van der Waals surface area contributed by atoms with Gasteiger partial charge in [0.05, 0.1) is 4.92 Å². The van der Waals surface area contributed by atoms with Crippen molar-refractivity contribution in [3.63, 3.8) is 0 Å². The Morgan fingerprint density at radius 1 is 1.17 bits per heavy atom. The van der Waals surface area contributed by atoms with Crippen molar-refractivity contribution >= 4 is 11.8 Å². The molecule has 0 spiro atoms. The smallest absolute Gasteiger partial charge is 0.450 e. The van der Waals surface area contributed by atoms with Crippen LogP contribution in [0.4, 0.5) is 10.5 Å². The molecule has 1 aromatic carbocycles. The molecule has 7 nitrogen and oxygen atoms in total. The Morgan fingerprint density at radius 2 is 1.78 bits per heavy atom. The van der Waals surface area contributed by atoms with Crippen LogP contribution in [0.15, 0.2) is 54.9 Å². The van der Waals surface area contributed by atoms with Crippen molar-refractivity contribution in [3.05, 3.63) is 70.5 Å². The average molecular weight is 316 g/mol. The van der Waals surface area contributed by atoms with Gasteiger partial charge < -0.3 is 9.84 Å². The van der Waals surface area contributed by atoms with Crippen molar-refractivity contribution < 1.29 is 19.6 Å². The molecule has 1 N–H and O–H groups in total. The zero-order chi connectivity index (χ0) is 16.7. The van der Waals surface area contributed by atoms with E-state index in [1.807, 2.05) is 18.2 Å². The molecule has 1 aliphatic carbocycles. The molecule has 3 rings (SSSR count). The normalized spacial score (nSPS) is 14.6. The van der Waals surface area contributed by atoms with Gasteiger partial charge in [-0.2, -0.15) is 0 Å². The van der Waals surface area contributed by atoms with Gasteiger partial charge in [0.25, 0.3) is 5.69 Å². The number of carboxylic acid groups (broad SMARTS) is 1. The molecule has 0 radical (unpaired) electrons. The summed E-state index contributed by atoms with van der Waals surface area (Å²) in [4.78, 5) is 24.4. The van der Waals surface area contributed by atoms with E-state index >= 15 is 0 Å². The minimum atomic E-state index is -1.32. The van der Waals surface area contributed by atoms with Gasteiger partial charge in [0.2, 0.25) is 0 Å². The summed E-state index contributed by atoms with van der Waals surface area (Å²) in [5.74, 6) is 0. The first-order valence-corrected chi connectivity index (χ1v) is 7.05. The number of carbonyl (C=O) groups is 1. The van der Waals surface area contributed by atoms with Gasteiger partial charge in [0.1, 0.15) is 5.60 Å². The molecule has 0 atom stereocenters. The van der Waals surface area contributed by atoms with Crippen LogP contribution in [0.5, 0.6) is 0 Å². The molecule has 0 unspecified atom stereocenters. The van der Waals surface area contributed by atoms with Crippen molar-refractivity contribution in [1.82, 2.24) is 4.98 Å². The summed E-state index contributed by atoms with van der Waals surface area (Å²) >= 11 is 0. The van der Waals surface area contributed by atoms with E-state index in [0.29, 0.717) is 18.4 Å². The first-order chi connectivity index (χ1) is 11.0. The second kappa shape index (κ2) is 7.35. The van der Waals surface area contributed by atoms with Gasteiger partial charge in [-0.25, -0.2) is 4.79 Å². The fraction of sp³-hybridized carbons (Fsp3) is 0.250. The molecule has 1 heterocycles. The van der Waals surface area contributed by atoms with Crippen LogP contribution >= 0.6 is 0 Å². The SMILES string of the molecule is O=C(O)OC1(c2ccc([N+](=O)[O-])cc2)CCC1.c1ccncc1. The topological polar surface area (TPSA) is 103 Å². The molecule has 7 heteroatoms. The Balaban J connectivity index is 0.000000268. The summed E-state index contributed by atoms with van der Waals surface area (Å²) in [5.41, 5.74) is -0.142. The number of hydrogen-bond acceptors (Lipinski definition) is 5. The molecule has 0 amide bonds. The number of pyridine rings is 1. The Hall–Kier alpha value is -2.96. The maximum Gasteiger partial charge on any atom is 0.506 e. The second-order valence-corrected chi connectivity index (χ2v) is 5.04. The largest absolute Gasteiger partial charge is 0.506 e. The van der Waals surface area contributed by atoms with E-state index in [9.17, 15) is 14.9 Å². The van der Waals surface area contributed by atoms with E-state index in [2.05, 4.69) is 4.98 Å². The molecule has 2 aromatic rings. The lowest BCUT2D eigenvalue weighted by molar-refractivity contribution is -0.384. The van der Waals surface area contributed by atoms with E-state index in [0.717, 1.165) is 6.42 Å². The van der Waals surface area contributed by atoms with Gasteiger partial charge >= 0.3 is 6.16 Å². The van der Waals surface area contributed by atoms with Gasteiger partial charge in [0.15, 0.2) is 0 Å². The molecule has 0 saturated heterocycles. The highest BCUT2D eigenvalue weighted by Gasteiger charge is 2.42. The molecule has 23 heavy (non-hydrogen) atoms. The maximum atomic E-state index is 10.6. The Morgan fingerprint density at radius 3 is 2.09 bits per heavy atom. The van der Waals surface area contributed by atoms with Gasteiger partial charge in [-0.05, 0) is 49.1 Å². The van der Waals surface area contributed by atoms with E-state index in [4.69, 9.17) is 9.84 Å². The summed E-state index contributed by atoms with van der Waals surface area (Å²) in [7, 11) is 0. The van der Waals surface area contributed by atoms with Crippen LogP contribution in [-0.4, -0.2) is 21.2 Å². The highest BCUT2D eigenvalue weighted by atomic mass is 16.7. The summed E-state index contributed by atoms with van der Waals surface area (Å²) < 4.78 is 4.91. The zero-order valence-corrected chi connectivity index (χ0v) is 12.3. The fourth-order valence-corrected chi connectivity index (χ4v) is 2.31. The molecule has 1 aliphatic rings. The van der Waals surface area contributed by atoms with E-state index in [1.54, 1.807) is 24.5 Å². The molecule has 0 aliphatic heterocycles.